The van der Waals surface area contributed by atoms with Gasteiger partial charge in [0.2, 0.25) is 5.16 Å². The van der Waals surface area contributed by atoms with E-state index in [1.165, 1.54) is 0 Å². The second kappa shape index (κ2) is 11.1. The molecule has 1 aromatic heterocycles. The molecule has 2 heterocycles. The largest absolute Gasteiger partial charge is 0.392 e. The molecule has 0 saturated carbocycles. The van der Waals surface area contributed by atoms with Gasteiger partial charge >= 0.3 is 0 Å². The van der Waals surface area contributed by atoms with Crippen molar-refractivity contribution in [3.05, 3.63) is 101 Å². The third kappa shape index (κ3) is 5.61. The highest BCUT2D eigenvalue weighted by molar-refractivity contribution is 7.99. The molecule has 3 aromatic carbocycles. The number of para-hydroxylation sites is 1. The maximum atomic E-state index is 9.40. The van der Waals surface area contributed by atoms with Gasteiger partial charge in [0.15, 0.2) is 6.29 Å². The molecule has 0 spiro atoms. The Labute approximate surface area is 208 Å². The number of tetrazole rings is 1. The van der Waals surface area contributed by atoms with Gasteiger partial charge in [-0.1, -0.05) is 78.5 Å². The number of rotatable bonds is 8. The average Bonchev–Trinajstić information content (AvgIpc) is 3.41. The summed E-state index contributed by atoms with van der Waals surface area (Å²) in [6, 6.07) is 25.7. The first-order valence-electron chi connectivity index (χ1n) is 11.5. The van der Waals surface area contributed by atoms with Crippen LogP contribution in [0.2, 0.25) is 0 Å². The Morgan fingerprint density at radius 2 is 1.63 bits per heavy atom. The minimum atomic E-state index is -0.506. The van der Waals surface area contributed by atoms with Gasteiger partial charge in [-0.2, -0.15) is 4.68 Å². The molecule has 0 radical (unpaired) electrons. The van der Waals surface area contributed by atoms with Crippen LogP contribution in [0, 0.1) is 0 Å². The monoisotopic (exact) mass is 489 g/mol. The van der Waals surface area contributed by atoms with Crippen molar-refractivity contribution < 1.29 is 14.6 Å². The number of nitrogens with zero attached hydrogens (tertiary/aromatic N) is 4. The molecule has 5 rings (SSSR count). The summed E-state index contributed by atoms with van der Waals surface area (Å²) < 4.78 is 14.5. The van der Waals surface area contributed by atoms with E-state index in [2.05, 4.69) is 15.5 Å². The van der Waals surface area contributed by atoms with Crippen LogP contribution in [0.3, 0.4) is 0 Å². The third-order valence-corrected chi connectivity index (χ3v) is 6.99. The van der Waals surface area contributed by atoms with E-state index in [1.54, 1.807) is 16.4 Å². The number of aliphatic hydroxyl groups excluding tert-OH is 1. The second-order valence-corrected chi connectivity index (χ2v) is 9.30. The van der Waals surface area contributed by atoms with Crippen LogP contribution in [0.15, 0.2) is 84.0 Å². The van der Waals surface area contributed by atoms with E-state index < -0.39 is 6.29 Å². The Balaban J connectivity index is 1.35. The van der Waals surface area contributed by atoms with Crippen molar-refractivity contribution in [2.45, 2.75) is 43.2 Å². The van der Waals surface area contributed by atoms with Crippen LogP contribution in [-0.4, -0.2) is 37.2 Å². The Kier molecular flexibility index (Phi) is 7.51. The molecule has 8 nitrogen and oxygen atoms in total. The lowest BCUT2D eigenvalue weighted by Gasteiger charge is -2.36. The summed E-state index contributed by atoms with van der Waals surface area (Å²) in [4.78, 5) is 0. The molecular weight excluding hydrogens is 462 g/mol. The normalized spacial score (nSPS) is 20.1. The van der Waals surface area contributed by atoms with Crippen LogP contribution in [0.4, 0.5) is 0 Å². The molecule has 1 aliphatic heterocycles. The predicted octanol–water partition coefficient (Wildman–Crippen LogP) is 3.95. The fourth-order valence-electron chi connectivity index (χ4n) is 4.00. The summed E-state index contributed by atoms with van der Waals surface area (Å²) in [5.41, 5.74) is 10.6. The lowest BCUT2D eigenvalue weighted by Crippen LogP contribution is -2.31. The number of nitrogens with two attached hydrogens (primary N) is 1. The van der Waals surface area contributed by atoms with Crippen LogP contribution in [0.25, 0.3) is 5.69 Å². The van der Waals surface area contributed by atoms with Crippen molar-refractivity contribution in [3.8, 4) is 5.69 Å². The number of benzene rings is 3. The van der Waals surface area contributed by atoms with Crippen LogP contribution >= 0.6 is 11.8 Å². The highest BCUT2D eigenvalue weighted by atomic mass is 32.2. The van der Waals surface area contributed by atoms with Gasteiger partial charge in [-0.25, -0.2) is 0 Å². The van der Waals surface area contributed by atoms with E-state index in [-0.39, 0.29) is 18.8 Å². The highest BCUT2D eigenvalue weighted by Crippen LogP contribution is 2.39. The number of aromatic nitrogens is 4. The molecule has 3 unspecified atom stereocenters. The minimum Gasteiger partial charge on any atom is -0.392 e. The number of thioether (sulfide) groups is 1. The minimum absolute atomic E-state index is 0.0143. The van der Waals surface area contributed by atoms with E-state index in [0.717, 1.165) is 27.9 Å². The van der Waals surface area contributed by atoms with Crippen LogP contribution < -0.4 is 5.73 Å². The lowest BCUT2D eigenvalue weighted by molar-refractivity contribution is -0.245. The van der Waals surface area contributed by atoms with Crippen molar-refractivity contribution in [2.75, 3.05) is 5.75 Å². The standard InChI is InChI=1S/C26H27N5O3S/c27-15-18-6-12-21(13-7-18)25-33-23(14-24(34-25)20-10-8-19(16-32)9-11-20)17-35-26-28-29-30-31(26)22-4-2-1-3-5-22/h1-13,23-25,32H,14-17,27H2. The van der Waals surface area contributed by atoms with E-state index in [1.807, 2.05) is 78.9 Å². The van der Waals surface area contributed by atoms with Crippen molar-refractivity contribution in [2.24, 2.45) is 5.73 Å². The van der Waals surface area contributed by atoms with Gasteiger partial charge in [0.1, 0.15) is 0 Å². The van der Waals surface area contributed by atoms with E-state index in [4.69, 9.17) is 15.2 Å². The Bertz CT molecular complexity index is 1160. The summed E-state index contributed by atoms with van der Waals surface area (Å²) >= 11 is 1.56. The molecule has 0 amide bonds. The van der Waals surface area contributed by atoms with E-state index in [0.29, 0.717) is 23.9 Å². The first kappa shape index (κ1) is 23.7. The van der Waals surface area contributed by atoms with Crippen LogP contribution in [-0.2, 0) is 22.6 Å². The predicted molar refractivity (Wildman–Crippen MR) is 133 cm³/mol. The zero-order chi connectivity index (χ0) is 24.0. The van der Waals surface area contributed by atoms with Gasteiger partial charge in [0, 0.05) is 24.3 Å². The smallest absolute Gasteiger partial charge is 0.214 e. The van der Waals surface area contributed by atoms with Gasteiger partial charge in [0.05, 0.1) is 24.5 Å². The quantitative estimate of drug-likeness (QED) is 0.358. The molecule has 0 bridgehead atoms. The Morgan fingerprint density at radius 1 is 0.914 bits per heavy atom. The number of hydrogen-bond donors (Lipinski definition) is 2. The molecule has 9 heteroatoms. The molecule has 4 aromatic rings. The van der Waals surface area contributed by atoms with Gasteiger partial charge in [-0.05, 0) is 39.2 Å². The SMILES string of the molecule is NCc1ccc(C2OC(CSc3nnnn3-c3ccccc3)CC(c3ccc(CO)cc3)O2)cc1. The number of aliphatic hydroxyl groups is 1. The first-order chi connectivity index (χ1) is 17.2. The Morgan fingerprint density at radius 3 is 2.34 bits per heavy atom. The molecule has 3 N–H and O–H groups in total. The average molecular weight is 490 g/mol. The maximum Gasteiger partial charge on any atom is 0.214 e. The summed E-state index contributed by atoms with van der Waals surface area (Å²) in [5.74, 6) is 0.666. The van der Waals surface area contributed by atoms with Gasteiger partial charge < -0.3 is 20.3 Å². The van der Waals surface area contributed by atoms with Gasteiger partial charge in [-0.3, -0.25) is 0 Å². The van der Waals surface area contributed by atoms with E-state index in [9.17, 15) is 5.11 Å². The maximum absolute atomic E-state index is 9.40. The third-order valence-electron chi connectivity index (χ3n) is 5.94. The number of ether oxygens (including phenoxy) is 2. The highest BCUT2D eigenvalue weighted by Gasteiger charge is 2.32. The molecule has 1 aliphatic rings. The van der Waals surface area contributed by atoms with Crippen LogP contribution in [0.5, 0.6) is 0 Å². The number of hydrogen-bond acceptors (Lipinski definition) is 8. The van der Waals surface area contributed by atoms with Gasteiger partial charge in [0.25, 0.3) is 0 Å². The summed E-state index contributed by atoms with van der Waals surface area (Å²) in [5, 5.41) is 22.3. The molecule has 180 valence electrons. The topological polar surface area (TPSA) is 108 Å². The molecule has 0 aliphatic carbocycles. The molecule has 1 saturated heterocycles. The lowest BCUT2D eigenvalue weighted by atomic mass is 10.0. The summed E-state index contributed by atoms with van der Waals surface area (Å²) in [6.07, 6.45) is -0.0490. The van der Waals surface area contributed by atoms with Crippen molar-refractivity contribution in [1.82, 2.24) is 20.2 Å². The zero-order valence-electron chi connectivity index (χ0n) is 19.1. The molecule has 3 atom stereocenters. The second-order valence-electron chi connectivity index (χ2n) is 8.32. The molecular formula is C26H27N5O3S. The van der Waals surface area contributed by atoms with E-state index >= 15 is 0 Å². The van der Waals surface area contributed by atoms with Gasteiger partial charge in [-0.15, -0.1) is 5.10 Å². The molecule has 35 heavy (non-hydrogen) atoms. The first-order valence-corrected chi connectivity index (χ1v) is 12.5. The molecule has 1 fully saturated rings. The Hall–Kier alpha value is -3.08. The van der Waals surface area contributed by atoms with Crippen molar-refractivity contribution in [1.29, 1.82) is 0 Å². The zero-order valence-corrected chi connectivity index (χ0v) is 19.9. The fourth-order valence-corrected chi connectivity index (χ4v) is 4.91. The fraction of sp³-hybridized carbons (Fsp3) is 0.269. The van der Waals surface area contributed by atoms with Crippen LogP contribution in [0.1, 0.15) is 41.1 Å². The van der Waals surface area contributed by atoms with Crippen molar-refractivity contribution in [3.63, 3.8) is 0 Å². The van der Waals surface area contributed by atoms with Crippen molar-refractivity contribution >= 4 is 11.8 Å². The summed E-state index contributed by atoms with van der Waals surface area (Å²) in [7, 11) is 0. The summed E-state index contributed by atoms with van der Waals surface area (Å²) in [6.45, 7) is 0.502.